The third-order valence-electron chi connectivity index (χ3n) is 17.2. The van der Waals surface area contributed by atoms with E-state index in [1.54, 1.807) is 0 Å². The fourth-order valence-corrected chi connectivity index (χ4v) is 13.6. The molecule has 0 saturated heterocycles. The van der Waals surface area contributed by atoms with Gasteiger partial charge in [0.25, 0.3) is 0 Å². The molecule has 0 fully saturated rings. The quantitative estimate of drug-likeness (QED) is 0.121. The zero-order chi connectivity index (χ0) is 54.1. The largest absolute Gasteiger partial charge is 0.309 e. The van der Waals surface area contributed by atoms with Gasteiger partial charge < -0.3 is 13.7 Å². The van der Waals surface area contributed by atoms with Crippen LogP contribution in [0.5, 0.6) is 0 Å². The highest BCUT2D eigenvalue weighted by Crippen LogP contribution is 2.47. The normalized spacial score (nSPS) is 11.9. The first kappa shape index (κ1) is 47.3. The van der Waals surface area contributed by atoms with Crippen molar-refractivity contribution in [3.63, 3.8) is 0 Å². The highest BCUT2D eigenvalue weighted by Gasteiger charge is 2.38. The number of nitrogens with zero attached hydrogens (tertiary/aromatic N) is 3. The lowest BCUT2D eigenvalue weighted by Crippen LogP contribution is -2.31. The summed E-state index contributed by atoms with van der Waals surface area (Å²) in [5, 5.41) is 7.39. The minimum Gasteiger partial charge on any atom is -0.309 e. The smallest absolute Gasteiger partial charge is 0.0701 e. The number of fused-ring (bicyclic) bond motifs is 9. The highest BCUT2D eigenvalue weighted by molar-refractivity contribution is 6.14. The van der Waals surface area contributed by atoms with Crippen LogP contribution in [0, 0.1) is 0 Å². The number of para-hydroxylation sites is 4. The standard InChI is InChI=1S/C79H53N3/c1-4-21-55(22-5-1)65-29-10-11-30-66(65)56-41-45-61(46-42-56)79(58-24-6-2-7-25-58,59-26-8-3-9-27-59)60-43-39-54(40-44-60)57-23-20-28-62(51-57)80-77-49-47-63(81-73-35-16-12-31-67(73)68-32-13-17-36-74(68)81)52-71(77)72-53-64(48-50-78(72)80)82-75-37-18-14-33-69(75)70-34-15-19-38-76(70)82/h1-53H. The molecule has 3 aromatic heterocycles. The summed E-state index contributed by atoms with van der Waals surface area (Å²) in [4.78, 5) is 0. The van der Waals surface area contributed by atoms with Crippen LogP contribution in [-0.2, 0) is 5.41 Å². The predicted molar refractivity (Wildman–Crippen MR) is 344 cm³/mol. The van der Waals surface area contributed by atoms with Gasteiger partial charge in [0.1, 0.15) is 0 Å². The van der Waals surface area contributed by atoms with Gasteiger partial charge in [-0.1, -0.05) is 249 Å². The van der Waals surface area contributed by atoms with Crippen LogP contribution in [0.4, 0.5) is 0 Å². The molecule has 0 radical (unpaired) electrons. The van der Waals surface area contributed by atoms with Crippen LogP contribution in [0.25, 0.3) is 116 Å². The highest BCUT2D eigenvalue weighted by atomic mass is 15.0. The number of aromatic nitrogens is 3. The summed E-state index contributed by atoms with van der Waals surface area (Å²) in [5.74, 6) is 0. The molecule has 0 bridgehead atoms. The van der Waals surface area contributed by atoms with Crippen molar-refractivity contribution in [3.8, 4) is 50.4 Å². The maximum Gasteiger partial charge on any atom is 0.0701 e. The second kappa shape index (κ2) is 19.3. The Balaban J connectivity index is 0.845. The van der Waals surface area contributed by atoms with E-state index in [2.05, 4.69) is 335 Å². The van der Waals surface area contributed by atoms with Crippen molar-refractivity contribution in [1.82, 2.24) is 13.7 Å². The van der Waals surface area contributed by atoms with Crippen molar-refractivity contribution in [1.29, 1.82) is 0 Å². The lowest BCUT2D eigenvalue weighted by atomic mass is 9.65. The van der Waals surface area contributed by atoms with Crippen molar-refractivity contribution in [3.05, 3.63) is 344 Å². The summed E-state index contributed by atoms with van der Waals surface area (Å²) in [6.07, 6.45) is 0. The molecule has 0 N–H and O–H groups in total. The van der Waals surface area contributed by atoms with E-state index in [0.29, 0.717) is 0 Å². The Hall–Kier alpha value is -10.7. The second-order valence-corrected chi connectivity index (χ2v) is 21.6. The van der Waals surface area contributed by atoms with Crippen LogP contribution < -0.4 is 0 Å². The zero-order valence-electron chi connectivity index (χ0n) is 44.9. The molecule has 82 heavy (non-hydrogen) atoms. The number of hydrogen-bond acceptors (Lipinski definition) is 0. The second-order valence-electron chi connectivity index (χ2n) is 21.6. The summed E-state index contributed by atoms with van der Waals surface area (Å²) in [6.45, 7) is 0. The fourth-order valence-electron chi connectivity index (χ4n) is 13.6. The molecular weight excluding hydrogens is 991 g/mol. The Kier molecular flexibility index (Phi) is 11.1. The summed E-state index contributed by atoms with van der Waals surface area (Å²) in [6, 6.07) is 118. The number of hydrogen-bond donors (Lipinski definition) is 0. The summed E-state index contributed by atoms with van der Waals surface area (Å²) in [5.41, 5.74) is 21.8. The van der Waals surface area contributed by atoms with Crippen LogP contribution in [0.15, 0.2) is 322 Å². The van der Waals surface area contributed by atoms with Gasteiger partial charge in [0, 0.05) is 49.4 Å². The molecule has 0 spiro atoms. The SMILES string of the molecule is c1ccc(-c2ccccc2-c2ccc(C(c3ccccc3)(c3ccccc3)c3ccc(-c4cccc(-n5c6ccc(-n7c8ccccc8c8ccccc87)cc6c6cc(-n7c8ccccc8c8ccccc87)ccc65)c4)cc3)cc2)cc1. The van der Waals surface area contributed by atoms with Gasteiger partial charge in [-0.15, -0.1) is 0 Å². The average molecular weight is 1040 g/mol. The van der Waals surface area contributed by atoms with E-state index < -0.39 is 5.41 Å². The van der Waals surface area contributed by atoms with Crippen LogP contribution in [-0.4, -0.2) is 13.7 Å². The monoisotopic (exact) mass is 1040 g/mol. The Morgan fingerprint density at radius 1 is 0.183 bits per heavy atom. The van der Waals surface area contributed by atoms with Crippen molar-refractivity contribution in [2.45, 2.75) is 5.41 Å². The van der Waals surface area contributed by atoms with E-state index in [4.69, 9.17) is 0 Å². The zero-order valence-corrected chi connectivity index (χ0v) is 44.9. The lowest BCUT2D eigenvalue weighted by Gasteiger charge is -2.37. The maximum atomic E-state index is 2.46. The lowest BCUT2D eigenvalue weighted by molar-refractivity contribution is 0.745. The molecule has 0 amide bonds. The Labute approximate surface area is 476 Å². The topological polar surface area (TPSA) is 14.8 Å². The molecule has 384 valence electrons. The van der Waals surface area contributed by atoms with Crippen LogP contribution in [0.2, 0.25) is 0 Å². The molecule has 0 aliphatic heterocycles. The van der Waals surface area contributed by atoms with Gasteiger partial charge in [0.2, 0.25) is 0 Å². The van der Waals surface area contributed by atoms with Gasteiger partial charge in [0.05, 0.1) is 38.5 Å². The van der Waals surface area contributed by atoms with Crippen molar-refractivity contribution < 1.29 is 0 Å². The van der Waals surface area contributed by atoms with Crippen LogP contribution in [0.3, 0.4) is 0 Å². The molecule has 3 heteroatoms. The predicted octanol–water partition coefficient (Wildman–Crippen LogP) is 20.4. The molecule has 0 atom stereocenters. The molecule has 0 saturated carbocycles. The van der Waals surface area contributed by atoms with Crippen LogP contribution in [0.1, 0.15) is 22.3 Å². The number of rotatable bonds is 10. The van der Waals surface area contributed by atoms with Gasteiger partial charge in [0.15, 0.2) is 0 Å². The molecule has 13 aromatic carbocycles. The maximum absolute atomic E-state index is 2.46. The van der Waals surface area contributed by atoms with Gasteiger partial charge >= 0.3 is 0 Å². The van der Waals surface area contributed by atoms with E-state index in [1.807, 2.05) is 0 Å². The number of benzene rings is 13. The summed E-state index contributed by atoms with van der Waals surface area (Å²) in [7, 11) is 0. The molecule has 0 aliphatic carbocycles. The fraction of sp³-hybridized carbons (Fsp3) is 0.0127. The first-order chi connectivity index (χ1) is 40.7. The molecule has 16 rings (SSSR count). The summed E-state index contributed by atoms with van der Waals surface area (Å²) >= 11 is 0. The first-order valence-corrected chi connectivity index (χ1v) is 28.3. The molecule has 16 aromatic rings. The Morgan fingerprint density at radius 2 is 0.500 bits per heavy atom. The molecule has 3 heterocycles. The van der Waals surface area contributed by atoms with E-state index in [0.717, 1.165) is 39.2 Å². The minimum absolute atomic E-state index is 0.612. The third-order valence-corrected chi connectivity index (χ3v) is 17.2. The van der Waals surface area contributed by atoms with E-state index in [1.165, 1.54) is 98.9 Å². The van der Waals surface area contributed by atoms with Gasteiger partial charge in [-0.05, 0) is 128 Å². The minimum atomic E-state index is -0.612. The van der Waals surface area contributed by atoms with E-state index in [9.17, 15) is 0 Å². The summed E-state index contributed by atoms with van der Waals surface area (Å²) < 4.78 is 7.33. The Morgan fingerprint density at radius 3 is 0.939 bits per heavy atom. The van der Waals surface area contributed by atoms with E-state index >= 15 is 0 Å². The van der Waals surface area contributed by atoms with Crippen LogP contribution >= 0.6 is 0 Å². The van der Waals surface area contributed by atoms with E-state index in [-0.39, 0.29) is 0 Å². The van der Waals surface area contributed by atoms with Gasteiger partial charge in [-0.3, -0.25) is 0 Å². The molecule has 3 nitrogen and oxygen atoms in total. The Bertz CT molecular complexity index is 4750. The first-order valence-electron chi connectivity index (χ1n) is 28.3. The van der Waals surface area contributed by atoms with Crippen molar-refractivity contribution in [2.75, 3.05) is 0 Å². The van der Waals surface area contributed by atoms with Crippen molar-refractivity contribution >= 4 is 65.4 Å². The molecule has 0 aliphatic rings. The third kappa shape index (κ3) is 7.44. The molecular formula is C79H53N3. The van der Waals surface area contributed by atoms with Gasteiger partial charge in [-0.25, -0.2) is 0 Å². The van der Waals surface area contributed by atoms with Gasteiger partial charge in [-0.2, -0.15) is 0 Å². The average Bonchev–Trinajstić information content (AvgIpc) is 4.36. The molecule has 0 unspecified atom stereocenters. The van der Waals surface area contributed by atoms with Crippen molar-refractivity contribution in [2.24, 2.45) is 0 Å².